The normalized spacial score (nSPS) is 11.3. The van der Waals surface area contributed by atoms with Crippen molar-refractivity contribution in [1.29, 1.82) is 0 Å². The Morgan fingerprint density at radius 3 is 2.37 bits per heavy atom. The first-order valence-electron chi connectivity index (χ1n) is 5.00. The highest BCUT2D eigenvalue weighted by Gasteiger charge is 2.15. The molecule has 98 valence electrons. The summed E-state index contributed by atoms with van der Waals surface area (Å²) in [5.41, 5.74) is 0. The monoisotopic (exact) mass is 280 g/mol. The van der Waals surface area contributed by atoms with Crippen molar-refractivity contribution in [2.45, 2.75) is 0 Å². The maximum atomic E-state index is 11.7. The fraction of sp³-hybridized carbons (Fsp3) is 0.100. The zero-order valence-corrected chi connectivity index (χ0v) is 10.5. The molecule has 2 aromatic heterocycles. The van der Waals surface area contributed by atoms with Crippen LogP contribution in [0.15, 0.2) is 38.6 Å². The molecule has 0 radical (unpaired) electrons. The van der Waals surface area contributed by atoms with E-state index < -0.39 is 11.8 Å². The number of aromatic nitrogens is 2. The molecule has 0 aliphatic rings. The van der Waals surface area contributed by atoms with E-state index >= 15 is 0 Å². The molecule has 0 unspecified atom stereocenters. The summed E-state index contributed by atoms with van der Waals surface area (Å²) in [6, 6.07) is 2.77. The molecule has 2 heterocycles. The Morgan fingerprint density at radius 1 is 1.21 bits per heavy atom. The third kappa shape index (κ3) is 3.28. The van der Waals surface area contributed by atoms with Crippen LogP contribution in [0.2, 0.25) is 0 Å². The Labute approximate surface area is 111 Å². The molecule has 0 bridgehead atoms. The maximum Gasteiger partial charge on any atom is 0.317 e. The quantitative estimate of drug-likeness (QED) is 0.644. The molecule has 2 aromatic rings. The van der Waals surface area contributed by atoms with E-state index in [4.69, 9.17) is 0 Å². The molecule has 0 aromatic carbocycles. The number of thioether (sulfide) groups is 1. The molecule has 8 nitrogen and oxygen atoms in total. The van der Waals surface area contributed by atoms with Crippen molar-refractivity contribution in [2.24, 2.45) is 4.99 Å². The molecule has 0 spiro atoms. The molecule has 2 rings (SSSR count). The predicted molar refractivity (Wildman–Crippen MR) is 65.8 cm³/mol. The minimum absolute atomic E-state index is 0.0135. The molecular weight excluding hydrogens is 272 g/mol. The van der Waals surface area contributed by atoms with Crippen LogP contribution in [-0.2, 0) is 0 Å². The van der Waals surface area contributed by atoms with E-state index in [1.165, 1.54) is 24.5 Å². The number of amidine groups is 1. The average molecular weight is 280 g/mol. The van der Waals surface area contributed by atoms with E-state index in [0.29, 0.717) is 0 Å². The van der Waals surface area contributed by atoms with Crippen LogP contribution in [0.25, 0.3) is 0 Å². The highest BCUT2D eigenvalue weighted by Crippen LogP contribution is 2.04. The highest BCUT2D eigenvalue weighted by atomic mass is 32.2. The summed E-state index contributed by atoms with van der Waals surface area (Å²) in [5, 5.41) is 9.33. The number of nitrogens with zero attached hydrogens (tertiary/aromatic N) is 3. The molecule has 0 aliphatic heterocycles. The summed E-state index contributed by atoms with van der Waals surface area (Å²) in [5.74, 6) is -1.18. The van der Waals surface area contributed by atoms with Crippen LogP contribution >= 0.6 is 11.8 Å². The average Bonchev–Trinajstić information content (AvgIpc) is 3.09. The van der Waals surface area contributed by atoms with Gasteiger partial charge in [0.15, 0.2) is 5.17 Å². The van der Waals surface area contributed by atoms with Crippen molar-refractivity contribution in [1.82, 2.24) is 15.6 Å². The predicted octanol–water partition coefficient (Wildman–Crippen LogP) is 0.952. The van der Waals surface area contributed by atoms with Gasteiger partial charge in [-0.15, -0.1) is 0 Å². The summed E-state index contributed by atoms with van der Waals surface area (Å²) < 4.78 is 9.34. The number of hydrogen-bond donors (Lipinski definition) is 1. The second-order valence-corrected chi connectivity index (χ2v) is 3.93. The summed E-state index contributed by atoms with van der Waals surface area (Å²) in [4.78, 5) is 27.0. The minimum Gasteiger partial charge on any atom is -0.351 e. The van der Waals surface area contributed by atoms with Crippen molar-refractivity contribution in [2.75, 3.05) is 6.26 Å². The number of nitrogens with one attached hydrogen (secondary N) is 1. The van der Waals surface area contributed by atoms with Gasteiger partial charge in [-0.2, -0.15) is 4.99 Å². The van der Waals surface area contributed by atoms with E-state index in [9.17, 15) is 9.59 Å². The number of amides is 2. The summed E-state index contributed by atoms with van der Waals surface area (Å²) in [7, 11) is 0. The third-order valence-corrected chi connectivity index (χ3v) is 2.51. The highest BCUT2D eigenvalue weighted by molar-refractivity contribution is 8.13. The molecule has 0 fully saturated rings. The topological polar surface area (TPSA) is 111 Å². The number of hydrogen-bond acceptors (Lipinski definition) is 7. The number of carbonyl (C=O) groups is 2. The zero-order chi connectivity index (χ0) is 13.7. The number of aliphatic imine (C=N–C) groups is 1. The first-order valence-corrected chi connectivity index (χ1v) is 6.23. The van der Waals surface area contributed by atoms with Crippen LogP contribution in [0.5, 0.6) is 0 Å². The van der Waals surface area contributed by atoms with Gasteiger partial charge in [0.1, 0.15) is 0 Å². The van der Waals surface area contributed by atoms with Gasteiger partial charge in [0.2, 0.25) is 11.5 Å². The van der Waals surface area contributed by atoms with Crippen LogP contribution in [0, 0.1) is 0 Å². The minimum atomic E-state index is -0.639. The lowest BCUT2D eigenvalue weighted by Gasteiger charge is -2.02. The van der Waals surface area contributed by atoms with E-state index in [1.54, 1.807) is 6.26 Å². The lowest BCUT2D eigenvalue weighted by molar-refractivity contribution is 0.0941. The fourth-order valence-corrected chi connectivity index (χ4v) is 1.46. The fourth-order valence-electron chi connectivity index (χ4n) is 1.09. The second-order valence-electron chi connectivity index (χ2n) is 3.13. The molecule has 0 saturated heterocycles. The van der Waals surface area contributed by atoms with E-state index in [1.807, 2.05) is 0 Å². The lowest BCUT2D eigenvalue weighted by atomic mass is 10.4. The smallest absolute Gasteiger partial charge is 0.317 e. The van der Waals surface area contributed by atoms with Gasteiger partial charge in [0, 0.05) is 12.1 Å². The Balaban J connectivity index is 2.08. The van der Waals surface area contributed by atoms with Crippen molar-refractivity contribution in [3.63, 3.8) is 0 Å². The Morgan fingerprint density at radius 2 is 1.84 bits per heavy atom. The van der Waals surface area contributed by atoms with Gasteiger partial charge >= 0.3 is 5.91 Å². The first kappa shape index (κ1) is 13.0. The van der Waals surface area contributed by atoms with Gasteiger partial charge in [-0.1, -0.05) is 22.1 Å². The SMILES string of the molecule is CSC(=NC(=O)c1ccno1)NC(=O)c1ccno1. The summed E-state index contributed by atoms with van der Waals surface area (Å²) in [6.45, 7) is 0. The van der Waals surface area contributed by atoms with Gasteiger partial charge in [-0.05, 0) is 6.26 Å². The first-order chi connectivity index (χ1) is 9.20. The van der Waals surface area contributed by atoms with Crippen LogP contribution in [0.3, 0.4) is 0 Å². The third-order valence-electron chi connectivity index (χ3n) is 1.93. The maximum absolute atomic E-state index is 11.7. The van der Waals surface area contributed by atoms with Gasteiger partial charge in [0.05, 0.1) is 12.4 Å². The largest absolute Gasteiger partial charge is 0.351 e. The number of carbonyl (C=O) groups excluding carboxylic acids is 2. The molecular formula is C10H8N4O4S. The van der Waals surface area contributed by atoms with Gasteiger partial charge < -0.3 is 9.05 Å². The number of rotatable bonds is 2. The van der Waals surface area contributed by atoms with Crippen molar-refractivity contribution >= 4 is 28.7 Å². The van der Waals surface area contributed by atoms with E-state index in [0.717, 1.165) is 11.8 Å². The standard InChI is InChI=1S/C10H8N4O4S/c1-19-10(13-8(15)6-2-4-11-17-6)14-9(16)7-3-5-12-18-7/h2-5H,1H3,(H,13,14,15,16). The van der Waals surface area contributed by atoms with Gasteiger partial charge in [-0.25, -0.2) is 0 Å². The molecule has 0 saturated carbocycles. The van der Waals surface area contributed by atoms with Gasteiger partial charge in [0.25, 0.3) is 5.91 Å². The van der Waals surface area contributed by atoms with Crippen LogP contribution in [0.1, 0.15) is 21.1 Å². The Kier molecular flexibility index (Phi) is 4.08. The van der Waals surface area contributed by atoms with Crippen molar-refractivity contribution in [3.05, 3.63) is 36.0 Å². The van der Waals surface area contributed by atoms with Crippen LogP contribution in [-0.4, -0.2) is 33.6 Å². The molecule has 19 heavy (non-hydrogen) atoms. The van der Waals surface area contributed by atoms with Crippen LogP contribution < -0.4 is 5.32 Å². The Bertz CT molecular complexity index is 591. The van der Waals surface area contributed by atoms with E-state index in [2.05, 4.69) is 29.7 Å². The molecule has 0 atom stereocenters. The second kappa shape index (κ2) is 5.96. The molecule has 9 heteroatoms. The Hall–Kier alpha value is -2.42. The molecule has 0 aliphatic carbocycles. The zero-order valence-electron chi connectivity index (χ0n) is 9.69. The van der Waals surface area contributed by atoms with E-state index in [-0.39, 0.29) is 16.7 Å². The summed E-state index contributed by atoms with van der Waals surface area (Å²) >= 11 is 1.09. The lowest BCUT2D eigenvalue weighted by Crippen LogP contribution is -2.28. The molecule has 1 N–H and O–H groups in total. The molecule has 2 amide bonds. The van der Waals surface area contributed by atoms with Crippen molar-refractivity contribution in [3.8, 4) is 0 Å². The van der Waals surface area contributed by atoms with Gasteiger partial charge in [-0.3, -0.25) is 14.9 Å². The van der Waals surface area contributed by atoms with Crippen LogP contribution in [0.4, 0.5) is 0 Å². The summed E-state index contributed by atoms with van der Waals surface area (Å²) in [6.07, 6.45) is 4.33. The van der Waals surface area contributed by atoms with Crippen molar-refractivity contribution < 1.29 is 18.6 Å².